The van der Waals surface area contributed by atoms with Crippen molar-refractivity contribution < 1.29 is 14.7 Å². The molecule has 2 unspecified atom stereocenters. The largest absolute Gasteiger partial charge is 0.481 e. The van der Waals surface area contributed by atoms with E-state index in [1.807, 2.05) is 0 Å². The zero-order valence-electron chi connectivity index (χ0n) is 12.1. The second-order valence-electron chi connectivity index (χ2n) is 5.66. The van der Waals surface area contributed by atoms with Crippen molar-refractivity contribution in [2.24, 2.45) is 11.1 Å². The molecule has 7 heteroatoms. The van der Waals surface area contributed by atoms with E-state index in [9.17, 15) is 14.7 Å². The number of aliphatic carboxylic acids is 1. The van der Waals surface area contributed by atoms with Gasteiger partial charge in [-0.3, -0.25) is 9.59 Å². The Balaban J connectivity index is 2.07. The van der Waals surface area contributed by atoms with E-state index in [4.69, 9.17) is 5.73 Å². The summed E-state index contributed by atoms with van der Waals surface area (Å²) in [6.07, 6.45) is 3.74. The molecule has 21 heavy (non-hydrogen) atoms. The van der Waals surface area contributed by atoms with Crippen LogP contribution in [0.5, 0.6) is 0 Å². The van der Waals surface area contributed by atoms with Gasteiger partial charge in [0.1, 0.15) is 5.69 Å². The van der Waals surface area contributed by atoms with Crippen molar-refractivity contribution in [3.8, 4) is 0 Å². The maximum atomic E-state index is 12.2. The fourth-order valence-electron chi connectivity index (χ4n) is 2.71. The maximum absolute atomic E-state index is 12.2. The number of nitrogens with one attached hydrogen (secondary N) is 1. The van der Waals surface area contributed by atoms with E-state index in [1.54, 1.807) is 12.3 Å². The van der Waals surface area contributed by atoms with Gasteiger partial charge in [-0.2, -0.15) is 0 Å². The molecule has 1 aromatic rings. The zero-order valence-corrected chi connectivity index (χ0v) is 12.9. The highest BCUT2D eigenvalue weighted by Crippen LogP contribution is 2.36. The summed E-state index contributed by atoms with van der Waals surface area (Å²) >= 11 is 1.40. The SMILES string of the molecule is CC1(C(=O)O)CCCCC1NC(=O)c1csc(CCN)n1. The minimum atomic E-state index is -0.899. The summed E-state index contributed by atoms with van der Waals surface area (Å²) in [5.74, 6) is -1.15. The van der Waals surface area contributed by atoms with Gasteiger partial charge in [-0.15, -0.1) is 11.3 Å². The van der Waals surface area contributed by atoms with Gasteiger partial charge in [-0.1, -0.05) is 12.8 Å². The third kappa shape index (κ3) is 3.41. The molecule has 2 atom stereocenters. The fourth-order valence-corrected chi connectivity index (χ4v) is 3.50. The Hall–Kier alpha value is -1.47. The highest BCUT2D eigenvalue weighted by atomic mass is 32.1. The second-order valence-corrected chi connectivity index (χ2v) is 6.60. The molecule has 4 N–H and O–H groups in total. The van der Waals surface area contributed by atoms with Crippen LogP contribution in [0.4, 0.5) is 0 Å². The van der Waals surface area contributed by atoms with Crippen LogP contribution in [0.2, 0.25) is 0 Å². The van der Waals surface area contributed by atoms with Crippen LogP contribution >= 0.6 is 11.3 Å². The van der Waals surface area contributed by atoms with Crippen molar-refractivity contribution >= 4 is 23.2 Å². The van der Waals surface area contributed by atoms with Gasteiger partial charge in [0.2, 0.25) is 0 Å². The van der Waals surface area contributed by atoms with Gasteiger partial charge in [0, 0.05) is 17.8 Å². The molecule has 1 aromatic heterocycles. The van der Waals surface area contributed by atoms with E-state index in [1.165, 1.54) is 11.3 Å². The molecule has 1 heterocycles. The minimum absolute atomic E-state index is 0.297. The smallest absolute Gasteiger partial charge is 0.311 e. The van der Waals surface area contributed by atoms with Gasteiger partial charge in [0.25, 0.3) is 5.91 Å². The number of hydrogen-bond acceptors (Lipinski definition) is 5. The average molecular weight is 311 g/mol. The van der Waals surface area contributed by atoms with E-state index < -0.39 is 11.4 Å². The number of carbonyl (C=O) groups is 2. The number of hydrogen-bond donors (Lipinski definition) is 3. The molecule has 0 aliphatic heterocycles. The lowest BCUT2D eigenvalue weighted by atomic mass is 9.71. The first kappa shape index (κ1) is 15.9. The molecule has 0 aromatic carbocycles. The monoisotopic (exact) mass is 311 g/mol. The van der Waals surface area contributed by atoms with Crippen LogP contribution in [0.15, 0.2) is 5.38 Å². The molecule has 0 spiro atoms. The van der Waals surface area contributed by atoms with Gasteiger partial charge in [0.15, 0.2) is 0 Å². The van der Waals surface area contributed by atoms with Crippen LogP contribution < -0.4 is 11.1 Å². The number of rotatable bonds is 5. The molecule has 116 valence electrons. The van der Waals surface area contributed by atoms with Gasteiger partial charge in [0.05, 0.1) is 10.4 Å². The quantitative estimate of drug-likeness (QED) is 0.762. The Labute approximate surface area is 127 Å². The highest BCUT2D eigenvalue weighted by molar-refractivity contribution is 7.09. The lowest BCUT2D eigenvalue weighted by molar-refractivity contribution is -0.151. The number of carboxylic acid groups (broad SMARTS) is 1. The number of nitrogens with zero attached hydrogens (tertiary/aromatic N) is 1. The molecular weight excluding hydrogens is 290 g/mol. The number of amides is 1. The normalized spacial score (nSPS) is 25.5. The summed E-state index contributed by atoms with van der Waals surface area (Å²) in [7, 11) is 0. The first-order valence-electron chi connectivity index (χ1n) is 7.16. The van der Waals surface area contributed by atoms with Crippen LogP contribution in [0.3, 0.4) is 0 Å². The number of nitrogens with two attached hydrogens (primary N) is 1. The van der Waals surface area contributed by atoms with Crippen molar-refractivity contribution in [1.29, 1.82) is 0 Å². The predicted octanol–water partition coefficient (Wildman–Crippen LogP) is 1.41. The number of thiazole rings is 1. The Morgan fingerprint density at radius 3 is 3.00 bits per heavy atom. The number of aromatic nitrogens is 1. The van der Waals surface area contributed by atoms with Crippen LogP contribution in [-0.4, -0.2) is 34.6 Å². The first-order valence-corrected chi connectivity index (χ1v) is 8.04. The molecule has 1 amide bonds. The van der Waals surface area contributed by atoms with Gasteiger partial charge in [-0.05, 0) is 26.3 Å². The van der Waals surface area contributed by atoms with Gasteiger partial charge in [-0.25, -0.2) is 4.98 Å². The molecule has 6 nitrogen and oxygen atoms in total. The maximum Gasteiger partial charge on any atom is 0.311 e. The third-order valence-corrected chi connectivity index (χ3v) is 5.05. The van der Waals surface area contributed by atoms with Crippen molar-refractivity contribution in [2.45, 2.75) is 45.1 Å². The predicted molar refractivity (Wildman–Crippen MR) is 80.3 cm³/mol. The van der Waals surface area contributed by atoms with Crippen LogP contribution in [0, 0.1) is 5.41 Å². The van der Waals surface area contributed by atoms with Crippen molar-refractivity contribution in [3.05, 3.63) is 16.1 Å². The summed E-state index contributed by atoms with van der Waals surface area (Å²) < 4.78 is 0. The van der Waals surface area contributed by atoms with Crippen LogP contribution in [0.25, 0.3) is 0 Å². The van der Waals surface area contributed by atoms with Crippen LogP contribution in [0.1, 0.15) is 48.1 Å². The second kappa shape index (κ2) is 6.53. The van der Waals surface area contributed by atoms with E-state index in [0.717, 1.165) is 17.8 Å². The molecular formula is C14H21N3O3S. The molecule has 0 saturated heterocycles. The Morgan fingerprint density at radius 2 is 2.33 bits per heavy atom. The lowest BCUT2D eigenvalue weighted by Crippen LogP contribution is -2.52. The topological polar surface area (TPSA) is 105 Å². The summed E-state index contributed by atoms with van der Waals surface area (Å²) in [5, 5.41) is 14.8. The summed E-state index contributed by atoms with van der Waals surface area (Å²) in [6.45, 7) is 2.20. The third-order valence-electron chi connectivity index (χ3n) is 4.14. The van der Waals surface area contributed by atoms with Crippen molar-refractivity contribution in [2.75, 3.05) is 6.54 Å². The summed E-state index contributed by atoms with van der Waals surface area (Å²) in [4.78, 5) is 28.0. The molecule has 1 fully saturated rings. The molecule has 0 radical (unpaired) electrons. The number of carboxylic acids is 1. The Kier molecular flexibility index (Phi) is 4.95. The summed E-state index contributed by atoms with van der Waals surface area (Å²) in [5.41, 5.74) is 4.92. The molecule has 2 rings (SSSR count). The van der Waals surface area contributed by atoms with E-state index >= 15 is 0 Å². The number of carbonyl (C=O) groups excluding carboxylic acids is 1. The molecule has 1 aliphatic carbocycles. The van der Waals surface area contributed by atoms with Crippen molar-refractivity contribution in [3.63, 3.8) is 0 Å². The molecule has 1 aliphatic rings. The molecule has 0 bridgehead atoms. The standard InChI is InChI=1S/C14H21N3O3S/c1-14(13(19)20)6-3-2-4-10(14)17-12(18)9-8-21-11(16-9)5-7-15/h8,10H,2-7,15H2,1H3,(H,17,18)(H,19,20). The molecule has 1 saturated carbocycles. The average Bonchev–Trinajstić information content (AvgIpc) is 2.90. The van der Waals surface area contributed by atoms with E-state index in [0.29, 0.717) is 31.5 Å². The van der Waals surface area contributed by atoms with Gasteiger partial charge >= 0.3 is 5.97 Å². The summed E-state index contributed by atoms with van der Waals surface area (Å²) in [6, 6.07) is -0.351. The lowest BCUT2D eigenvalue weighted by Gasteiger charge is -2.38. The van der Waals surface area contributed by atoms with Crippen LogP contribution in [-0.2, 0) is 11.2 Å². The fraction of sp³-hybridized carbons (Fsp3) is 0.643. The Morgan fingerprint density at radius 1 is 1.57 bits per heavy atom. The minimum Gasteiger partial charge on any atom is -0.481 e. The van der Waals surface area contributed by atoms with E-state index in [2.05, 4.69) is 10.3 Å². The zero-order chi connectivity index (χ0) is 15.5. The van der Waals surface area contributed by atoms with Crippen molar-refractivity contribution in [1.82, 2.24) is 10.3 Å². The Bertz CT molecular complexity index is 531. The van der Waals surface area contributed by atoms with E-state index in [-0.39, 0.29) is 11.9 Å². The van der Waals surface area contributed by atoms with Gasteiger partial charge < -0.3 is 16.2 Å². The first-order chi connectivity index (χ1) is 9.97. The highest BCUT2D eigenvalue weighted by Gasteiger charge is 2.44.